The molecule has 17 nitrogen and oxygen atoms in total. The molecule has 4 atom stereocenters. The number of carboxylic acid groups (broad SMARTS) is 2. The Kier molecular flexibility index (Phi) is 15.3. The van der Waals surface area contributed by atoms with Crippen molar-refractivity contribution in [3.63, 3.8) is 0 Å². The molecule has 40 heavy (non-hydrogen) atoms. The van der Waals surface area contributed by atoms with Gasteiger partial charge < -0.3 is 54.1 Å². The zero-order valence-electron chi connectivity index (χ0n) is 22.2. The van der Waals surface area contributed by atoms with Gasteiger partial charge in [-0.1, -0.05) is 0 Å². The molecule has 0 spiro atoms. The molecular formula is C23H40N10O7. The number of H-pyrrole nitrogens is 1. The summed E-state index contributed by atoms with van der Waals surface area (Å²) >= 11 is 0. The number of nitrogens with one attached hydrogen (secondary N) is 4. The standard InChI is InChI=1S/C23H40N10O7/c24-8-2-1-4-15(31-19(36)14(25)6-7-18(34)35)20(37)33-17(10-13-11-28-12-30-13)21(38)32-16(22(39)40)5-3-9-29-23(26)27/h11-12,14-17H,1-10,24-25H2,(H,28,30)(H,31,36)(H,32,38)(H,33,37)(H,34,35)(H,39,40)(H4,26,27,29). The second-order valence-electron chi connectivity index (χ2n) is 9.07. The van der Waals surface area contributed by atoms with Crippen LogP contribution in [0.3, 0.4) is 0 Å². The van der Waals surface area contributed by atoms with Gasteiger partial charge in [-0.25, -0.2) is 9.78 Å². The highest BCUT2D eigenvalue weighted by atomic mass is 16.4. The van der Waals surface area contributed by atoms with Crippen LogP contribution in [0, 0.1) is 0 Å². The maximum Gasteiger partial charge on any atom is 0.326 e. The molecule has 0 fully saturated rings. The van der Waals surface area contributed by atoms with Gasteiger partial charge in [-0.2, -0.15) is 0 Å². The molecule has 3 amide bonds. The number of nitrogens with two attached hydrogens (primary N) is 4. The fourth-order valence-electron chi connectivity index (χ4n) is 3.58. The summed E-state index contributed by atoms with van der Waals surface area (Å²) in [5, 5.41) is 25.9. The van der Waals surface area contributed by atoms with E-state index >= 15 is 0 Å². The second-order valence-corrected chi connectivity index (χ2v) is 9.07. The van der Waals surface area contributed by atoms with Crippen LogP contribution in [0.1, 0.15) is 50.6 Å². The molecular weight excluding hydrogens is 528 g/mol. The van der Waals surface area contributed by atoms with Crippen LogP contribution in [0.15, 0.2) is 17.5 Å². The summed E-state index contributed by atoms with van der Waals surface area (Å²) < 4.78 is 0. The monoisotopic (exact) mass is 568 g/mol. The van der Waals surface area contributed by atoms with E-state index in [0.717, 1.165) is 0 Å². The maximum atomic E-state index is 13.2. The van der Waals surface area contributed by atoms with Crippen molar-refractivity contribution in [3.05, 3.63) is 18.2 Å². The number of carbonyl (C=O) groups is 5. The van der Waals surface area contributed by atoms with E-state index in [4.69, 9.17) is 28.0 Å². The minimum atomic E-state index is -1.29. The average molecular weight is 569 g/mol. The Bertz CT molecular complexity index is 998. The molecule has 0 radical (unpaired) electrons. The van der Waals surface area contributed by atoms with Crippen molar-refractivity contribution in [2.24, 2.45) is 27.9 Å². The van der Waals surface area contributed by atoms with Crippen LogP contribution in [0.25, 0.3) is 0 Å². The number of aromatic amines is 1. The first-order valence-electron chi connectivity index (χ1n) is 12.8. The van der Waals surface area contributed by atoms with Crippen molar-refractivity contribution in [1.82, 2.24) is 25.9 Å². The third-order valence-corrected chi connectivity index (χ3v) is 5.76. The molecule has 0 saturated carbocycles. The lowest BCUT2D eigenvalue weighted by Gasteiger charge is -2.25. The molecule has 0 aliphatic heterocycles. The Morgan fingerprint density at radius 2 is 1.52 bits per heavy atom. The minimum absolute atomic E-state index is 0.0224. The van der Waals surface area contributed by atoms with Crippen LogP contribution in [-0.2, 0) is 30.4 Å². The molecule has 0 saturated heterocycles. The van der Waals surface area contributed by atoms with Gasteiger partial charge in [0.15, 0.2) is 5.96 Å². The number of amides is 3. The summed E-state index contributed by atoms with van der Waals surface area (Å²) in [7, 11) is 0. The van der Waals surface area contributed by atoms with Gasteiger partial charge in [0.25, 0.3) is 0 Å². The zero-order chi connectivity index (χ0) is 30.1. The van der Waals surface area contributed by atoms with Crippen LogP contribution in [0.2, 0.25) is 0 Å². The molecule has 14 N–H and O–H groups in total. The van der Waals surface area contributed by atoms with E-state index in [1.807, 2.05) is 0 Å². The molecule has 1 heterocycles. The molecule has 4 unspecified atom stereocenters. The van der Waals surface area contributed by atoms with Crippen molar-refractivity contribution in [1.29, 1.82) is 0 Å². The summed E-state index contributed by atoms with van der Waals surface area (Å²) in [5.74, 6) is -4.77. The Morgan fingerprint density at radius 3 is 2.10 bits per heavy atom. The Morgan fingerprint density at radius 1 is 0.900 bits per heavy atom. The van der Waals surface area contributed by atoms with E-state index in [1.54, 1.807) is 0 Å². The van der Waals surface area contributed by atoms with Crippen molar-refractivity contribution in [2.45, 2.75) is 75.5 Å². The van der Waals surface area contributed by atoms with Crippen LogP contribution in [-0.4, -0.2) is 93.1 Å². The third kappa shape index (κ3) is 13.5. The van der Waals surface area contributed by atoms with Crippen molar-refractivity contribution < 1.29 is 34.2 Å². The number of unbranched alkanes of at least 4 members (excludes halogenated alkanes) is 1. The van der Waals surface area contributed by atoms with Gasteiger partial charge in [0.2, 0.25) is 17.7 Å². The number of aliphatic carboxylic acids is 2. The lowest BCUT2D eigenvalue weighted by atomic mass is 10.0. The fraction of sp³-hybridized carbons (Fsp3) is 0.609. The van der Waals surface area contributed by atoms with E-state index in [0.29, 0.717) is 25.1 Å². The third-order valence-electron chi connectivity index (χ3n) is 5.76. The number of hydrogen-bond acceptors (Lipinski definition) is 9. The van der Waals surface area contributed by atoms with Gasteiger partial charge in [-0.15, -0.1) is 0 Å². The number of nitrogens with zero attached hydrogens (tertiary/aromatic N) is 2. The highest BCUT2D eigenvalue weighted by Gasteiger charge is 2.30. The van der Waals surface area contributed by atoms with Gasteiger partial charge in [0, 0.05) is 31.3 Å². The first kappa shape index (κ1) is 33.8. The van der Waals surface area contributed by atoms with Crippen molar-refractivity contribution in [2.75, 3.05) is 13.1 Å². The number of imidazole rings is 1. The topological polar surface area (TPSA) is 307 Å². The Balaban J connectivity index is 3.03. The van der Waals surface area contributed by atoms with Gasteiger partial charge in [0.05, 0.1) is 12.4 Å². The molecule has 0 bridgehead atoms. The summed E-state index contributed by atoms with van der Waals surface area (Å²) in [6.07, 6.45) is 3.78. The number of guanidine groups is 1. The van der Waals surface area contributed by atoms with Crippen molar-refractivity contribution >= 4 is 35.6 Å². The summed E-state index contributed by atoms with van der Waals surface area (Å²) in [4.78, 5) is 72.0. The van der Waals surface area contributed by atoms with Gasteiger partial charge in [-0.3, -0.25) is 24.2 Å². The zero-order valence-corrected chi connectivity index (χ0v) is 22.2. The predicted molar refractivity (Wildman–Crippen MR) is 143 cm³/mol. The first-order chi connectivity index (χ1) is 18.9. The molecule has 0 aliphatic carbocycles. The van der Waals surface area contributed by atoms with Crippen LogP contribution in [0.4, 0.5) is 0 Å². The molecule has 0 aliphatic rings. The van der Waals surface area contributed by atoms with E-state index in [-0.39, 0.29) is 51.0 Å². The van der Waals surface area contributed by atoms with E-state index < -0.39 is 53.8 Å². The number of aliphatic imine (C=N–C) groups is 1. The smallest absolute Gasteiger partial charge is 0.326 e. The quantitative estimate of drug-likeness (QED) is 0.0424. The predicted octanol–water partition coefficient (Wildman–Crippen LogP) is -3.13. The average Bonchev–Trinajstić information content (AvgIpc) is 3.40. The molecule has 0 aromatic carbocycles. The minimum Gasteiger partial charge on any atom is -0.481 e. The summed E-state index contributed by atoms with van der Waals surface area (Å²) in [6.45, 7) is 0.514. The highest BCUT2D eigenvalue weighted by molar-refractivity contribution is 5.94. The highest BCUT2D eigenvalue weighted by Crippen LogP contribution is 2.07. The number of carboxylic acids is 2. The fourth-order valence-corrected chi connectivity index (χ4v) is 3.58. The summed E-state index contributed by atoms with van der Waals surface area (Å²) in [5.41, 5.74) is 22.3. The largest absolute Gasteiger partial charge is 0.481 e. The second kappa shape index (κ2) is 18.1. The number of rotatable bonds is 20. The maximum absolute atomic E-state index is 13.2. The first-order valence-corrected chi connectivity index (χ1v) is 12.8. The molecule has 224 valence electrons. The van der Waals surface area contributed by atoms with Crippen LogP contribution >= 0.6 is 0 Å². The summed E-state index contributed by atoms with van der Waals surface area (Å²) in [6, 6.07) is -4.79. The number of aromatic nitrogens is 2. The van der Waals surface area contributed by atoms with Gasteiger partial charge in [0.1, 0.15) is 18.1 Å². The Labute approximate surface area is 230 Å². The molecule has 1 aromatic rings. The van der Waals surface area contributed by atoms with E-state index in [2.05, 4.69) is 30.9 Å². The normalized spacial score (nSPS) is 13.8. The SMILES string of the molecule is NCCCCC(NC(=O)C(N)CCC(=O)O)C(=O)NC(Cc1cnc[nH]1)C(=O)NC(CCCN=C(N)N)C(=O)O. The van der Waals surface area contributed by atoms with Gasteiger partial charge >= 0.3 is 11.9 Å². The van der Waals surface area contributed by atoms with Crippen molar-refractivity contribution in [3.8, 4) is 0 Å². The number of hydrogen-bond donors (Lipinski definition) is 10. The van der Waals surface area contributed by atoms with E-state index in [1.165, 1.54) is 12.5 Å². The molecule has 1 aromatic heterocycles. The lowest BCUT2D eigenvalue weighted by Crippen LogP contribution is -2.57. The Hall–Kier alpha value is -4.25. The van der Waals surface area contributed by atoms with E-state index in [9.17, 15) is 29.1 Å². The lowest BCUT2D eigenvalue weighted by molar-refractivity contribution is -0.142. The molecule has 1 rings (SSSR count). The van der Waals surface area contributed by atoms with Crippen LogP contribution < -0.4 is 38.9 Å². The molecule has 17 heteroatoms. The number of carbonyl (C=O) groups excluding carboxylic acids is 3. The van der Waals surface area contributed by atoms with Crippen LogP contribution in [0.5, 0.6) is 0 Å². The van der Waals surface area contributed by atoms with Gasteiger partial charge in [-0.05, 0) is 45.1 Å².